The number of hydrogen-bond acceptors (Lipinski definition) is 4. The summed E-state index contributed by atoms with van der Waals surface area (Å²) in [4.78, 5) is 30.2. The van der Waals surface area contributed by atoms with Gasteiger partial charge in [-0.15, -0.1) is 0 Å². The normalized spacial score (nSPS) is 16.5. The summed E-state index contributed by atoms with van der Waals surface area (Å²) < 4.78 is 40.3. The van der Waals surface area contributed by atoms with Gasteiger partial charge in [0.05, 0.1) is 17.2 Å². The first-order valence-corrected chi connectivity index (χ1v) is 9.49. The molecule has 0 aliphatic carbocycles. The van der Waals surface area contributed by atoms with E-state index in [9.17, 15) is 22.8 Å². The summed E-state index contributed by atoms with van der Waals surface area (Å²) in [5.74, 6) is -1.15. The minimum Gasteiger partial charge on any atom is -0.338 e. The Morgan fingerprint density at radius 2 is 1.94 bits per heavy atom. The highest BCUT2D eigenvalue weighted by Gasteiger charge is 2.35. The zero-order chi connectivity index (χ0) is 22.0. The first-order valence-electron chi connectivity index (χ1n) is 9.49. The van der Waals surface area contributed by atoms with Gasteiger partial charge in [-0.25, -0.2) is 9.67 Å². The van der Waals surface area contributed by atoms with Gasteiger partial charge in [0.25, 0.3) is 0 Å². The van der Waals surface area contributed by atoms with Gasteiger partial charge < -0.3 is 10.2 Å². The summed E-state index contributed by atoms with van der Waals surface area (Å²) >= 11 is 0. The molecule has 0 radical (unpaired) electrons. The van der Waals surface area contributed by atoms with Crippen molar-refractivity contribution in [3.8, 4) is 5.69 Å². The van der Waals surface area contributed by atoms with E-state index in [2.05, 4.69) is 15.4 Å². The molecule has 1 atom stereocenters. The van der Waals surface area contributed by atoms with Gasteiger partial charge >= 0.3 is 6.18 Å². The SMILES string of the molecule is O=C(Nc1ccc(-n2cncn2)cc1)C1CC(=O)N(Cc2cccc(C(F)(F)F)c2)C1. The van der Waals surface area contributed by atoms with E-state index in [1.807, 2.05) is 0 Å². The largest absolute Gasteiger partial charge is 0.416 e. The van der Waals surface area contributed by atoms with Crippen molar-refractivity contribution in [2.45, 2.75) is 19.1 Å². The summed E-state index contributed by atoms with van der Waals surface area (Å²) in [5.41, 5.74) is 0.949. The lowest BCUT2D eigenvalue weighted by Crippen LogP contribution is -2.28. The van der Waals surface area contributed by atoms with E-state index in [1.54, 1.807) is 35.3 Å². The molecule has 160 valence electrons. The zero-order valence-corrected chi connectivity index (χ0v) is 16.2. The van der Waals surface area contributed by atoms with Crippen molar-refractivity contribution in [3.05, 3.63) is 72.3 Å². The van der Waals surface area contributed by atoms with Crippen molar-refractivity contribution in [1.29, 1.82) is 0 Å². The number of halogens is 3. The minimum atomic E-state index is -4.45. The highest BCUT2D eigenvalue weighted by atomic mass is 19.4. The molecule has 4 rings (SSSR count). The number of amides is 2. The standard InChI is InChI=1S/C21H18F3N5O2/c22-21(23,24)16-3-1-2-14(8-16)10-28-11-15(9-19(28)30)20(31)27-17-4-6-18(7-5-17)29-13-25-12-26-29/h1-8,12-13,15H,9-11H2,(H,27,31). The Morgan fingerprint density at radius 3 is 2.61 bits per heavy atom. The van der Waals surface area contributed by atoms with Crippen LogP contribution < -0.4 is 5.32 Å². The van der Waals surface area contributed by atoms with E-state index >= 15 is 0 Å². The van der Waals surface area contributed by atoms with Crippen molar-refractivity contribution in [3.63, 3.8) is 0 Å². The van der Waals surface area contributed by atoms with Crippen molar-refractivity contribution in [1.82, 2.24) is 19.7 Å². The number of hydrogen-bond donors (Lipinski definition) is 1. The minimum absolute atomic E-state index is 0.0157. The zero-order valence-electron chi connectivity index (χ0n) is 16.2. The molecular formula is C21H18F3N5O2. The first kappa shape index (κ1) is 20.6. The average molecular weight is 429 g/mol. The third-order valence-electron chi connectivity index (χ3n) is 5.03. The van der Waals surface area contributed by atoms with E-state index in [0.29, 0.717) is 11.3 Å². The van der Waals surface area contributed by atoms with Crippen molar-refractivity contribution in [2.24, 2.45) is 5.92 Å². The van der Waals surface area contributed by atoms with Crippen molar-refractivity contribution >= 4 is 17.5 Å². The number of anilines is 1. The lowest BCUT2D eigenvalue weighted by atomic mass is 10.1. The number of nitrogens with one attached hydrogen (secondary N) is 1. The molecule has 1 aromatic heterocycles. The summed E-state index contributed by atoms with van der Waals surface area (Å²) in [6.45, 7) is 0.178. The number of likely N-dealkylation sites (tertiary alicyclic amines) is 1. The van der Waals surface area contributed by atoms with Crippen LogP contribution in [0.25, 0.3) is 5.69 Å². The molecule has 1 fully saturated rings. The number of aromatic nitrogens is 3. The lowest BCUT2D eigenvalue weighted by Gasteiger charge is -2.18. The second-order valence-electron chi connectivity index (χ2n) is 7.25. The van der Waals surface area contributed by atoms with Gasteiger partial charge in [0, 0.05) is 25.2 Å². The number of rotatable bonds is 5. The molecular weight excluding hydrogens is 411 g/mol. The molecule has 3 aromatic rings. The van der Waals surface area contributed by atoms with Crippen LogP contribution >= 0.6 is 0 Å². The van der Waals surface area contributed by atoms with Gasteiger partial charge in [0.15, 0.2) is 0 Å². The second-order valence-corrected chi connectivity index (χ2v) is 7.25. The maximum atomic E-state index is 12.9. The number of alkyl halides is 3. The van der Waals surface area contributed by atoms with Crippen LogP contribution in [-0.2, 0) is 22.3 Å². The number of nitrogens with zero attached hydrogens (tertiary/aromatic N) is 4. The summed E-state index contributed by atoms with van der Waals surface area (Å²) in [5, 5.41) is 6.80. The van der Waals surface area contributed by atoms with Crippen LogP contribution in [0.5, 0.6) is 0 Å². The van der Waals surface area contributed by atoms with E-state index < -0.39 is 17.7 Å². The molecule has 2 amide bonds. The highest BCUT2D eigenvalue weighted by molar-refractivity contribution is 5.97. The molecule has 1 aliphatic rings. The van der Waals surface area contributed by atoms with Crippen LogP contribution in [0.3, 0.4) is 0 Å². The molecule has 0 saturated carbocycles. The summed E-state index contributed by atoms with van der Waals surface area (Å²) in [6.07, 6.45) is -1.46. The van der Waals surface area contributed by atoms with Crippen LogP contribution in [0.4, 0.5) is 18.9 Å². The fraction of sp³-hybridized carbons (Fsp3) is 0.238. The number of benzene rings is 2. The third-order valence-corrected chi connectivity index (χ3v) is 5.03. The van der Waals surface area contributed by atoms with Gasteiger partial charge in [-0.1, -0.05) is 12.1 Å². The fourth-order valence-corrected chi connectivity index (χ4v) is 3.45. The van der Waals surface area contributed by atoms with Gasteiger partial charge in [0.2, 0.25) is 11.8 Å². The highest BCUT2D eigenvalue weighted by Crippen LogP contribution is 2.30. The second kappa shape index (κ2) is 8.21. The number of carbonyl (C=O) groups is 2. The molecule has 31 heavy (non-hydrogen) atoms. The molecule has 1 aliphatic heterocycles. The number of carbonyl (C=O) groups excluding carboxylic acids is 2. The van der Waals surface area contributed by atoms with Gasteiger partial charge in [-0.05, 0) is 42.0 Å². The lowest BCUT2D eigenvalue weighted by molar-refractivity contribution is -0.137. The molecule has 2 heterocycles. The maximum absolute atomic E-state index is 12.9. The van der Waals surface area contributed by atoms with Crippen LogP contribution in [0.1, 0.15) is 17.5 Å². The van der Waals surface area contributed by atoms with E-state index in [0.717, 1.165) is 17.8 Å². The molecule has 2 aromatic carbocycles. The van der Waals surface area contributed by atoms with E-state index in [-0.39, 0.29) is 31.3 Å². The molecule has 1 saturated heterocycles. The molecule has 1 N–H and O–H groups in total. The third kappa shape index (κ3) is 4.73. The van der Waals surface area contributed by atoms with E-state index in [1.165, 1.54) is 23.4 Å². The van der Waals surface area contributed by atoms with Crippen LogP contribution in [0.15, 0.2) is 61.2 Å². The van der Waals surface area contributed by atoms with E-state index in [4.69, 9.17) is 0 Å². The topological polar surface area (TPSA) is 80.1 Å². The summed E-state index contributed by atoms with van der Waals surface area (Å²) in [7, 11) is 0. The molecule has 0 bridgehead atoms. The van der Waals surface area contributed by atoms with Crippen LogP contribution in [0, 0.1) is 5.92 Å². The summed E-state index contributed by atoms with van der Waals surface area (Å²) in [6, 6.07) is 11.8. The maximum Gasteiger partial charge on any atom is 0.416 e. The van der Waals surface area contributed by atoms with Crippen molar-refractivity contribution < 1.29 is 22.8 Å². The molecule has 1 unspecified atom stereocenters. The predicted octanol–water partition coefficient (Wildman–Crippen LogP) is 3.27. The Balaban J connectivity index is 1.37. The average Bonchev–Trinajstić information content (AvgIpc) is 3.39. The van der Waals surface area contributed by atoms with Gasteiger partial charge in [-0.3, -0.25) is 9.59 Å². The molecule has 0 spiro atoms. The molecule has 10 heteroatoms. The van der Waals surface area contributed by atoms with Gasteiger partial charge in [0.1, 0.15) is 12.7 Å². The van der Waals surface area contributed by atoms with Gasteiger partial charge in [-0.2, -0.15) is 18.3 Å². The van der Waals surface area contributed by atoms with Crippen LogP contribution in [-0.4, -0.2) is 38.0 Å². The molecule has 7 nitrogen and oxygen atoms in total. The monoisotopic (exact) mass is 429 g/mol. The Kier molecular flexibility index (Phi) is 5.45. The fourth-order valence-electron chi connectivity index (χ4n) is 3.45. The Hall–Kier alpha value is -3.69. The Labute approximate surface area is 175 Å². The Morgan fingerprint density at radius 1 is 1.16 bits per heavy atom. The quantitative estimate of drug-likeness (QED) is 0.675. The predicted molar refractivity (Wildman–Crippen MR) is 105 cm³/mol. The smallest absolute Gasteiger partial charge is 0.338 e. The Bertz CT molecular complexity index is 1080. The first-order chi connectivity index (χ1) is 14.8. The van der Waals surface area contributed by atoms with Crippen molar-refractivity contribution in [2.75, 3.05) is 11.9 Å². The van der Waals surface area contributed by atoms with Crippen LogP contribution in [0.2, 0.25) is 0 Å².